The number of hydrogen-bond acceptors (Lipinski definition) is 6. The Morgan fingerprint density at radius 1 is 1.28 bits per heavy atom. The van der Waals surface area contributed by atoms with Gasteiger partial charge in [-0.15, -0.1) is 0 Å². The number of benzene rings is 1. The van der Waals surface area contributed by atoms with Crippen LogP contribution < -0.4 is 5.73 Å². The van der Waals surface area contributed by atoms with Gasteiger partial charge in [-0.3, -0.25) is 14.8 Å². The molecule has 0 aliphatic heterocycles. The second kappa shape index (κ2) is 7.39. The molecule has 0 saturated heterocycles. The normalized spacial score (nSPS) is 31.0. The van der Waals surface area contributed by atoms with Gasteiger partial charge in [-0.25, -0.2) is 9.18 Å². The molecule has 6 rings (SSSR count). The molecular weight excluding hydrogens is 417 g/mol. The van der Waals surface area contributed by atoms with E-state index in [1.54, 1.807) is 4.68 Å². The van der Waals surface area contributed by atoms with Crippen molar-refractivity contribution in [2.75, 3.05) is 0 Å². The van der Waals surface area contributed by atoms with E-state index in [2.05, 4.69) is 10.3 Å². The first kappa shape index (κ1) is 20.6. The SMILES string of the molecule is N/C(=N\OC(=O)CC12CC3CC(C1)CC(n1cc([N+](=O)[O-])cn1)(C3)C2)c1ccc(F)cc1. The van der Waals surface area contributed by atoms with E-state index in [1.807, 2.05) is 0 Å². The molecule has 4 saturated carbocycles. The third-order valence-electron chi connectivity index (χ3n) is 7.32. The molecule has 2 atom stereocenters. The number of carbonyl (C=O) groups excluding carboxylic acids is 1. The Hall–Kier alpha value is -3.30. The first-order chi connectivity index (χ1) is 15.3. The van der Waals surface area contributed by atoms with Crippen LogP contribution in [0.25, 0.3) is 0 Å². The monoisotopic (exact) mass is 441 g/mol. The van der Waals surface area contributed by atoms with E-state index in [0.29, 0.717) is 17.4 Å². The van der Waals surface area contributed by atoms with Crippen LogP contribution in [0.3, 0.4) is 0 Å². The highest BCUT2D eigenvalue weighted by molar-refractivity contribution is 5.97. The van der Waals surface area contributed by atoms with Crippen LogP contribution in [0.1, 0.15) is 50.5 Å². The Kier molecular flexibility index (Phi) is 4.75. The zero-order valence-electron chi connectivity index (χ0n) is 17.4. The average molecular weight is 441 g/mol. The third kappa shape index (κ3) is 3.63. The molecule has 4 bridgehead atoms. The number of nitrogens with zero attached hydrogens (tertiary/aromatic N) is 4. The molecule has 0 radical (unpaired) electrons. The van der Waals surface area contributed by atoms with E-state index < -0.39 is 16.7 Å². The Morgan fingerprint density at radius 3 is 2.59 bits per heavy atom. The predicted octanol–water partition coefficient (Wildman–Crippen LogP) is 3.48. The standard InChI is InChI=1S/C22H24FN5O4/c23-17-3-1-16(2-4-17)20(24)26-32-19(29)10-21-6-14-5-15(7-21)9-22(8-14,13-21)27-12-18(11-25-27)28(30)31/h1-4,11-12,14-15H,5-10,13H2,(H2,24,26). The molecule has 4 aliphatic rings. The molecule has 1 heterocycles. The summed E-state index contributed by atoms with van der Waals surface area (Å²) >= 11 is 0. The van der Waals surface area contributed by atoms with Crippen LogP contribution in [0.2, 0.25) is 0 Å². The van der Waals surface area contributed by atoms with Gasteiger partial charge >= 0.3 is 11.7 Å². The van der Waals surface area contributed by atoms with Crippen LogP contribution in [0.15, 0.2) is 41.8 Å². The van der Waals surface area contributed by atoms with Crippen LogP contribution in [0, 0.1) is 33.2 Å². The lowest BCUT2D eigenvalue weighted by atomic mass is 9.46. The number of halogens is 1. The van der Waals surface area contributed by atoms with Gasteiger partial charge in [-0.05, 0) is 80.0 Å². The van der Waals surface area contributed by atoms with Gasteiger partial charge in [0.05, 0.1) is 16.9 Å². The fraction of sp³-hybridized carbons (Fsp3) is 0.500. The summed E-state index contributed by atoms with van der Waals surface area (Å²) in [5.41, 5.74) is 5.78. The highest BCUT2D eigenvalue weighted by Crippen LogP contribution is 2.65. The number of nitrogens with two attached hydrogens (primary N) is 1. The molecular formula is C22H24FN5O4. The minimum Gasteiger partial charge on any atom is -0.380 e. The van der Waals surface area contributed by atoms with Crippen LogP contribution in [0.5, 0.6) is 0 Å². The Labute approximate surface area is 183 Å². The number of carbonyl (C=O) groups is 1. The van der Waals surface area contributed by atoms with E-state index in [4.69, 9.17) is 10.6 Å². The summed E-state index contributed by atoms with van der Waals surface area (Å²) in [6.07, 6.45) is 8.60. The van der Waals surface area contributed by atoms with Gasteiger partial charge in [0.1, 0.15) is 18.2 Å². The molecule has 168 valence electrons. The minimum atomic E-state index is -0.460. The van der Waals surface area contributed by atoms with Crippen molar-refractivity contribution in [3.63, 3.8) is 0 Å². The van der Waals surface area contributed by atoms with Crippen molar-refractivity contribution in [3.05, 3.63) is 58.2 Å². The van der Waals surface area contributed by atoms with E-state index in [1.165, 1.54) is 36.7 Å². The highest BCUT2D eigenvalue weighted by atomic mass is 19.1. The highest BCUT2D eigenvalue weighted by Gasteiger charge is 2.59. The predicted molar refractivity (Wildman–Crippen MR) is 112 cm³/mol. The van der Waals surface area contributed by atoms with E-state index >= 15 is 0 Å². The minimum absolute atomic E-state index is 0.00387. The summed E-state index contributed by atoms with van der Waals surface area (Å²) in [6.45, 7) is 0. The maximum Gasteiger partial charge on any atom is 0.335 e. The maximum atomic E-state index is 13.1. The number of rotatable bonds is 6. The number of hydrogen-bond donors (Lipinski definition) is 1. The number of nitro groups is 1. The third-order valence-corrected chi connectivity index (χ3v) is 7.32. The van der Waals surface area contributed by atoms with E-state index in [0.717, 1.165) is 38.5 Å². The average Bonchev–Trinajstić information content (AvgIpc) is 3.23. The van der Waals surface area contributed by atoms with Crippen molar-refractivity contribution in [3.8, 4) is 0 Å². The fourth-order valence-corrected chi connectivity index (χ4v) is 6.66. The molecule has 1 aromatic heterocycles. The van der Waals surface area contributed by atoms with Crippen molar-refractivity contribution >= 4 is 17.5 Å². The number of amidine groups is 1. The molecule has 10 heteroatoms. The second-order valence-electron chi connectivity index (χ2n) is 9.71. The van der Waals surface area contributed by atoms with Gasteiger partial charge in [0.15, 0.2) is 5.84 Å². The Balaban J connectivity index is 1.32. The first-order valence-electron chi connectivity index (χ1n) is 10.7. The largest absolute Gasteiger partial charge is 0.380 e. The van der Waals surface area contributed by atoms with Gasteiger partial charge in [-0.1, -0.05) is 5.16 Å². The van der Waals surface area contributed by atoms with E-state index in [9.17, 15) is 19.3 Å². The van der Waals surface area contributed by atoms with Crippen LogP contribution in [0.4, 0.5) is 10.1 Å². The molecule has 2 N–H and O–H groups in total. The van der Waals surface area contributed by atoms with Crippen molar-refractivity contribution < 1.29 is 18.9 Å². The van der Waals surface area contributed by atoms with E-state index in [-0.39, 0.29) is 28.9 Å². The molecule has 4 fully saturated rings. The van der Waals surface area contributed by atoms with Crippen molar-refractivity contribution in [1.82, 2.24) is 9.78 Å². The van der Waals surface area contributed by atoms with Gasteiger partial charge in [0, 0.05) is 5.56 Å². The lowest BCUT2D eigenvalue weighted by Gasteiger charge is -2.61. The lowest BCUT2D eigenvalue weighted by Crippen LogP contribution is -2.57. The summed E-state index contributed by atoms with van der Waals surface area (Å²) < 4.78 is 14.8. The van der Waals surface area contributed by atoms with Crippen molar-refractivity contribution in [2.45, 2.75) is 50.5 Å². The fourth-order valence-electron chi connectivity index (χ4n) is 6.66. The van der Waals surface area contributed by atoms with Crippen LogP contribution in [-0.4, -0.2) is 26.5 Å². The summed E-state index contributed by atoms with van der Waals surface area (Å²) in [4.78, 5) is 28.5. The van der Waals surface area contributed by atoms with Gasteiger partial charge in [-0.2, -0.15) is 5.10 Å². The Morgan fingerprint density at radius 2 is 1.97 bits per heavy atom. The van der Waals surface area contributed by atoms with Crippen molar-refractivity contribution in [2.24, 2.45) is 28.1 Å². The first-order valence-corrected chi connectivity index (χ1v) is 10.7. The van der Waals surface area contributed by atoms with Crippen molar-refractivity contribution in [1.29, 1.82) is 0 Å². The molecule has 0 spiro atoms. The van der Waals surface area contributed by atoms with Gasteiger partial charge < -0.3 is 10.6 Å². The number of aromatic nitrogens is 2. The summed E-state index contributed by atoms with van der Waals surface area (Å²) in [6, 6.07) is 5.45. The zero-order valence-corrected chi connectivity index (χ0v) is 17.4. The molecule has 2 aromatic rings. The second-order valence-corrected chi connectivity index (χ2v) is 9.71. The Bertz CT molecular complexity index is 1080. The quantitative estimate of drug-likeness (QED) is 0.240. The molecule has 1 aromatic carbocycles. The molecule has 4 aliphatic carbocycles. The smallest absolute Gasteiger partial charge is 0.335 e. The summed E-state index contributed by atoms with van der Waals surface area (Å²) in [5.74, 6) is 0.0692. The molecule has 9 nitrogen and oxygen atoms in total. The maximum absolute atomic E-state index is 13.1. The van der Waals surface area contributed by atoms with Gasteiger partial charge in [0.25, 0.3) is 0 Å². The number of oxime groups is 1. The topological polar surface area (TPSA) is 126 Å². The van der Waals surface area contributed by atoms with Crippen LogP contribution in [-0.2, 0) is 15.2 Å². The van der Waals surface area contributed by atoms with Crippen LogP contribution >= 0.6 is 0 Å². The molecule has 2 unspecified atom stereocenters. The lowest BCUT2D eigenvalue weighted by molar-refractivity contribution is -0.385. The van der Waals surface area contributed by atoms with Gasteiger partial charge in [0.2, 0.25) is 0 Å². The summed E-state index contributed by atoms with van der Waals surface area (Å²) in [7, 11) is 0. The summed E-state index contributed by atoms with van der Waals surface area (Å²) in [5, 5.41) is 19.2. The zero-order chi connectivity index (χ0) is 22.5. The molecule has 32 heavy (non-hydrogen) atoms. The molecule has 0 amide bonds.